The zero-order valence-electron chi connectivity index (χ0n) is 17.8. The van der Waals surface area contributed by atoms with Gasteiger partial charge in [0.25, 0.3) is 5.91 Å². The largest absolute Gasteiger partial charge is 2.00 e. The summed E-state index contributed by atoms with van der Waals surface area (Å²) in [6.07, 6.45) is 5.27. The molecule has 2 N–H and O–H groups in total. The van der Waals surface area contributed by atoms with Gasteiger partial charge in [-0.1, -0.05) is 49.4 Å². The van der Waals surface area contributed by atoms with Crippen LogP contribution in [-0.2, 0) is 38.5 Å². The first-order valence-electron chi connectivity index (χ1n) is 10.0. The first-order chi connectivity index (χ1) is 15.1. The number of nitrogens with zero attached hydrogens (tertiary/aromatic N) is 2. The molecule has 6 heteroatoms. The molecule has 3 aromatic rings. The van der Waals surface area contributed by atoms with Gasteiger partial charge in [-0.3, -0.25) is 14.7 Å². The molecule has 154 valence electrons. The van der Waals surface area contributed by atoms with E-state index >= 15 is 0 Å². The van der Waals surface area contributed by atoms with Crippen LogP contribution >= 0.6 is 0 Å². The molecule has 0 bridgehead atoms. The number of amides is 1. The number of carbonyl (C=O) groups excluding carboxylic acids is 1. The molecule has 0 saturated heterocycles. The number of aryl methyl sites for hydroxylation is 1. The van der Waals surface area contributed by atoms with Crippen LogP contribution in [0.15, 0.2) is 90.1 Å². The molecule has 1 amide bonds. The minimum atomic E-state index is -0.424. The Hall–Kier alpha value is -3.07. The second-order valence-electron chi connectivity index (χ2n) is 7.28. The van der Waals surface area contributed by atoms with Gasteiger partial charge in [0.1, 0.15) is 17.6 Å². The molecule has 5 nitrogen and oxygen atoms in total. The predicted molar refractivity (Wildman–Crippen MR) is 120 cm³/mol. The van der Waals surface area contributed by atoms with Crippen molar-refractivity contribution in [1.82, 2.24) is 4.90 Å². The fourth-order valence-electron chi connectivity index (χ4n) is 3.26. The van der Waals surface area contributed by atoms with Crippen molar-refractivity contribution in [3.63, 3.8) is 0 Å². The maximum atomic E-state index is 12.6. The molecule has 0 aliphatic carbocycles. The summed E-state index contributed by atoms with van der Waals surface area (Å²) < 4.78 is 0. The van der Waals surface area contributed by atoms with Crippen LogP contribution in [0.3, 0.4) is 0 Å². The van der Waals surface area contributed by atoms with Crippen LogP contribution in [0, 0.1) is 13.0 Å². The summed E-state index contributed by atoms with van der Waals surface area (Å²) in [5.74, 6) is 0.646. The summed E-state index contributed by atoms with van der Waals surface area (Å²) in [6.45, 7) is 2.06. The van der Waals surface area contributed by atoms with Gasteiger partial charge < -0.3 is 10.1 Å². The van der Waals surface area contributed by atoms with E-state index in [1.54, 1.807) is 30.5 Å². The van der Waals surface area contributed by atoms with Crippen LogP contribution in [0.2, 0.25) is 0 Å². The van der Waals surface area contributed by atoms with Gasteiger partial charge in [0.05, 0.1) is 11.9 Å². The van der Waals surface area contributed by atoms with Crippen molar-refractivity contribution in [1.29, 1.82) is 0 Å². The van der Waals surface area contributed by atoms with Crippen molar-refractivity contribution in [3.05, 3.63) is 108 Å². The van der Waals surface area contributed by atoms with E-state index in [1.165, 1.54) is 10.5 Å². The number of rotatable bonds is 3. The van der Waals surface area contributed by atoms with E-state index in [4.69, 9.17) is 0 Å². The van der Waals surface area contributed by atoms with Gasteiger partial charge in [-0.15, -0.1) is 0 Å². The Morgan fingerprint density at radius 3 is 2.34 bits per heavy atom. The number of amidine groups is 1. The first kappa shape index (κ1) is 23.6. The molecular formula is C26H22CdN3O2+. The smallest absolute Gasteiger partial charge is 0.508 e. The standard InChI is InChI=1S/C19H15N3O2.C7H7.Cd/c23-15-8-6-14(7-9-15)17-12-22-18(11-20-17)21-16(19(22)24)10-13-4-2-1-3-5-13;1-7-5-3-2-4-6-7;/h1-9,12,16,20,23H,10H2;3-6H,1H3;/q;-1;+2. The summed E-state index contributed by atoms with van der Waals surface area (Å²) in [7, 11) is 0. The Morgan fingerprint density at radius 2 is 1.72 bits per heavy atom. The monoisotopic (exact) mass is 522 g/mol. The number of carbonyl (C=O) groups is 1. The summed E-state index contributed by atoms with van der Waals surface area (Å²) >= 11 is 0. The maximum absolute atomic E-state index is 12.6. The van der Waals surface area contributed by atoms with Gasteiger partial charge in [0.15, 0.2) is 0 Å². The number of aromatic hydroxyl groups is 1. The van der Waals surface area contributed by atoms with Crippen molar-refractivity contribution in [3.8, 4) is 5.75 Å². The van der Waals surface area contributed by atoms with Crippen LogP contribution in [-0.4, -0.2) is 34.0 Å². The number of phenolic OH excluding ortho intramolecular Hbond substituents is 1. The second kappa shape index (κ2) is 11.0. The van der Waals surface area contributed by atoms with E-state index in [-0.39, 0.29) is 39.0 Å². The van der Waals surface area contributed by atoms with Crippen LogP contribution in [0.4, 0.5) is 0 Å². The molecule has 2 aliphatic rings. The van der Waals surface area contributed by atoms with Crippen LogP contribution in [0.1, 0.15) is 16.7 Å². The zero-order chi connectivity index (χ0) is 21.6. The summed E-state index contributed by atoms with van der Waals surface area (Å²) in [6, 6.07) is 27.0. The molecule has 3 aromatic carbocycles. The van der Waals surface area contributed by atoms with Crippen molar-refractivity contribution in [2.45, 2.75) is 19.4 Å². The van der Waals surface area contributed by atoms with E-state index in [0.717, 1.165) is 16.8 Å². The topological polar surface area (TPSA) is 66.9 Å². The normalized spacial score (nSPS) is 16.2. The fourth-order valence-corrected chi connectivity index (χ4v) is 3.26. The predicted octanol–water partition coefficient (Wildman–Crippen LogP) is 2.38. The number of nitrogens with one attached hydrogen (secondary N) is 1. The average Bonchev–Trinajstić information content (AvgIpc) is 3.11. The van der Waals surface area contributed by atoms with Gasteiger partial charge in [0, 0.05) is 12.6 Å². The molecule has 0 aromatic heterocycles. The Balaban J connectivity index is 0.000000311. The van der Waals surface area contributed by atoms with Crippen molar-refractivity contribution >= 4 is 23.7 Å². The average molecular weight is 521 g/mol. The maximum Gasteiger partial charge on any atom is 2.00 e. The molecule has 0 fully saturated rings. The molecule has 0 radical (unpaired) electrons. The van der Waals surface area contributed by atoms with E-state index in [1.807, 2.05) is 54.6 Å². The molecule has 5 rings (SSSR count). The van der Waals surface area contributed by atoms with Crippen LogP contribution in [0.25, 0.3) is 5.70 Å². The van der Waals surface area contributed by atoms with Gasteiger partial charge in [0.2, 0.25) is 0 Å². The van der Waals surface area contributed by atoms with Gasteiger partial charge in [-0.05, 0) is 23.3 Å². The SMILES string of the molecule is Cc1cc[c-]cc1.O=C1C(Cc2ccccc2)N=C2[C-]=[NH+]C(c3ccc(O)cc3)=CN12.[Cd+2]. The number of phenols is 1. The van der Waals surface area contributed by atoms with E-state index in [0.29, 0.717) is 12.3 Å². The van der Waals surface area contributed by atoms with Crippen molar-refractivity contribution in [2.75, 3.05) is 0 Å². The van der Waals surface area contributed by atoms with Crippen molar-refractivity contribution in [2.24, 2.45) is 4.99 Å². The van der Waals surface area contributed by atoms with E-state index in [9.17, 15) is 9.90 Å². The van der Waals surface area contributed by atoms with Gasteiger partial charge >= 0.3 is 27.3 Å². The molecule has 1 unspecified atom stereocenters. The van der Waals surface area contributed by atoms with Gasteiger partial charge in [-0.2, -0.15) is 35.9 Å². The Morgan fingerprint density at radius 1 is 1.03 bits per heavy atom. The molecular weight excluding hydrogens is 499 g/mol. The Kier molecular flexibility index (Phi) is 8.10. The third kappa shape index (κ3) is 5.79. The summed E-state index contributed by atoms with van der Waals surface area (Å²) in [5.41, 5.74) is 3.97. The Bertz CT molecular complexity index is 1140. The quantitative estimate of drug-likeness (QED) is 0.411. The van der Waals surface area contributed by atoms with Gasteiger partial charge in [-0.25, -0.2) is 0 Å². The number of hydrogen-bond acceptors (Lipinski definition) is 3. The van der Waals surface area contributed by atoms with Crippen LogP contribution < -0.4 is 4.99 Å². The Labute approximate surface area is 208 Å². The molecule has 2 heterocycles. The van der Waals surface area contributed by atoms with Crippen molar-refractivity contribution < 1.29 is 42.2 Å². The number of fused-ring (bicyclic) bond motifs is 1. The van der Waals surface area contributed by atoms with Crippen LogP contribution in [0.5, 0.6) is 5.75 Å². The third-order valence-corrected chi connectivity index (χ3v) is 4.93. The van der Waals surface area contributed by atoms with E-state index < -0.39 is 6.04 Å². The molecule has 1 atom stereocenters. The molecule has 0 saturated carbocycles. The minimum Gasteiger partial charge on any atom is -0.508 e. The van der Waals surface area contributed by atoms with E-state index in [2.05, 4.69) is 29.2 Å². The number of benzene rings is 3. The first-order valence-corrected chi connectivity index (χ1v) is 10.0. The minimum absolute atomic E-state index is 0. The molecule has 32 heavy (non-hydrogen) atoms. The number of hydrogen-bond donors (Lipinski definition) is 2. The summed E-state index contributed by atoms with van der Waals surface area (Å²) in [4.78, 5) is 21.7. The number of aliphatic imine (C=N–C) groups is 1. The molecule has 2 aliphatic heterocycles. The second-order valence-corrected chi connectivity index (χ2v) is 7.28. The summed E-state index contributed by atoms with van der Waals surface area (Å²) in [5, 5.41) is 9.38. The zero-order valence-corrected chi connectivity index (χ0v) is 21.9. The third-order valence-electron chi connectivity index (χ3n) is 4.93. The fraction of sp³-hybridized carbons (Fsp3) is 0.115. The molecule has 0 spiro atoms.